The van der Waals surface area contributed by atoms with Crippen LogP contribution in [0, 0.1) is 0 Å². The van der Waals surface area contributed by atoms with E-state index in [0.717, 1.165) is 24.5 Å². The normalized spacial score (nSPS) is 10.6. The van der Waals surface area contributed by atoms with Gasteiger partial charge < -0.3 is 14.8 Å². The highest BCUT2D eigenvalue weighted by Crippen LogP contribution is 2.14. The highest BCUT2D eigenvalue weighted by molar-refractivity contribution is 7.09. The van der Waals surface area contributed by atoms with Crippen LogP contribution in [-0.2, 0) is 17.9 Å². The first-order valence-corrected chi connectivity index (χ1v) is 7.06. The summed E-state index contributed by atoms with van der Waals surface area (Å²) in [7, 11) is 1.69. The molecule has 2 heterocycles. The van der Waals surface area contributed by atoms with Crippen LogP contribution < -0.4 is 10.1 Å². The van der Waals surface area contributed by atoms with Crippen LogP contribution in [0.3, 0.4) is 0 Å². The Bertz CT molecular complexity index is 457. The zero-order valence-corrected chi connectivity index (χ0v) is 11.8. The zero-order valence-electron chi connectivity index (χ0n) is 11.0. The number of nitrogens with zero attached hydrogens (tertiary/aromatic N) is 1. The van der Waals surface area contributed by atoms with Crippen LogP contribution in [0.2, 0.25) is 0 Å². The van der Waals surface area contributed by atoms with Crippen molar-refractivity contribution in [1.82, 2.24) is 10.3 Å². The molecule has 0 aromatic carbocycles. The monoisotopic (exact) mass is 278 g/mol. The van der Waals surface area contributed by atoms with Gasteiger partial charge in [0.2, 0.25) is 0 Å². The molecule has 0 saturated heterocycles. The predicted molar refractivity (Wildman–Crippen MR) is 76.5 cm³/mol. The van der Waals surface area contributed by atoms with Crippen molar-refractivity contribution in [2.45, 2.75) is 13.2 Å². The Morgan fingerprint density at radius 2 is 2.26 bits per heavy atom. The van der Waals surface area contributed by atoms with E-state index in [2.05, 4.69) is 16.4 Å². The smallest absolute Gasteiger partial charge is 0.138 e. The molecule has 0 aliphatic carbocycles. The Labute approximate surface area is 117 Å². The summed E-state index contributed by atoms with van der Waals surface area (Å²) in [6.45, 7) is 2.89. The maximum Gasteiger partial charge on any atom is 0.138 e. The van der Waals surface area contributed by atoms with Crippen LogP contribution in [0.4, 0.5) is 0 Å². The van der Waals surface area contributed by atoms with E-state index in [1.165, 1.54) is 4.88 Å². The quantitative estimate of drug-likeness (QED) is 0.753. The third-order valence-corrected chi connectivity index (χ3v) is 3.40. The molecule has 2 aromatic heterocycles. The fourth-order valence-electron chi connectivity index (χ4n) is 1.54. The van der Waals surface area contributed by atoms with Gasteiger partial charge in [-0.15, -0.1) is 11.3 Å². The van der Waals surface area contributed by atoms with Gasteiger partial charge in [-0.2, -0.15) is 0 Å². The summed E-state index contributed by atoms with van der Waals surface area (Å²) in [5, 5.41) is 5.30. The van der Waals surface area contributed by atoms with E-state index in [1.54, 1.807) is 24.6 Å². The number of ether oxygens (including phenoxy) is 2. The molecule has 2 rings (SSSR count). The Morgan fingerprint density at radius 3 is 2.95 bits per heavy atom. The average Bonchev–Trinajstić information content (AvgIpc) is 2.96. The number of pyridine rings is 1. The molecule has 0 amide bonds. The minimum Gasteiger partial charge on any atom is -0.486 e. The van der Waals surface area contributed by atoms with Crippen molar-refractivity contribution in [2.24, 2.45) is 0 Å². The van der Waals surface area contributed by atoms with Crippen LogP contribution in [-0.4, -0.2) is 25.2 Å². The number of thiophene rings is 1. The van der Waals surface area contributed by atoms with Gasteiger partial charge >= 0.3 is 0 Å². The number of hydrogen-bond acceptors (Lipinski definition) is 5. The number of aromatic nitrogens is 1. The highest BCUT2D eigenvalue weighted by Gasteiger charge is 1.99. The predicted octanol–water partition coefficient (Wildman–Crippen LogP) is 2.46. The first kappa shape index (κ1) is 14.0. The Morgan fingerprint density at radius 1 is 1.32 bits per heavy atom. The second-order valence-electron chi connectivity index (χ2n) is 4.02. The van der Waals surface area contributed by atoms with Gasteiger partial charge in [0.25, 0.3) is 0 Å². The summed E-state index contributed by atoms with van der Waals surface area (Å²) in [6, 6.07) is 8.01. The fraction of sp³-hybridized carbons (Fsp3) is 0.357. The standard InChI is InChI=1S/C14H18N2O2S/c1-17-7-6-15-9-12-4-5-13(10-16-12)18-11-14-3-2-8-19-14/h2-5,8,10,15H,6-7,9,11H2,1H3. The van der Waals surface area contributed by atoms with Crippen molar-refractivity contribution in [3.05, 3.63) is 46.4 Å². The summed E-state index contributed by atoms with van der Waals surface area (Å²) < 4.78 is 10.6. The molecule has 0 aliphatic rings. The second kappa shape index (κ2) is 7.89. The molecule has 102 valence electrons. The molecule has 4 nitrogen and oxygen atoms in total. The molecule has 2 aromatic rings. The first-order chi connectivity index (χ1) is 9.38. The van der Waals surface area contributed by atoms with Gasteiger partial charge in [-0.1, -0.05) is 6.07 Å². The maximum atomic E-state index is 5.66. The SMILES string of the molecule is COCCNCc1ccc(OCc2cccs2)cn1. The lowest BCUT2D eigenvalue weighted by atomic mass is 10.3. The summed E-state index contributed by atoms with van der Waals surface area (Å²) >= 11 is 1.69. The number of methoxy groups -OCH3 is 1. The zero-order chi connectivity index (χ0) is 13.3. The Balaban J connectivity index is 1.74. The maximum absolute atomic E-state index is 5.66. The van der Waals surface area contributed by atoms with E-state index in [0.29, 0.717) is 13.2 Å². The third-order valence-electron chi connectivity index (χ3n) is 2.55. The van der Waals surface area contributed by atoms with Gasteiger partial charge in [0.1, 0.15) is 12.4 Å². The van der Waals surface area contributed by atoms with E-state index >= 15 is 0 Å². The van der Waals surface area contributed by atoms with E-state index in [4.69, 9.17) is 9.47 Å². The Kier molecular flexibility index (Phi) is 5.81. The summed E-state index contributed by atoms with van der Waals surface area (Å²) in [4.78, 5) is 5.56. The van der Waals surface area contributed by atoms with Crippen molar-refractivity contribution in [3.63, 3.8) is 0 Å². The average molecular weight is 278 g/mol. The number of rotatable bonds is 8. The minimum atomic E-state index is 0.602. The number of nitrogens with one attached hydrogen (secondary N) is 1. The molecule has 0 atom stereocenters. The molecule has 0 spiro atoms. The summed E-state index contributed by atoms with van der Waals surface area (Å²) in [6.07, 6.45) is 1.76. The highest BCUT2D eigenvalue weighted by atomic mass is 32.1. The van der Waals surface area contributed by atoms with Gasteiger partial charge in [0.05, 0.1) is 18.5 Å². The van der Waals surface area contributed by atoms with Crippen LogP contribution in [0.1, 0.15) is 10.6 Å². The minimum absolute atomic E-state index is 0.602. The van der Waals surface area contributed by atoms with E-state index in [9.17, 15) is 0 Å². The lowest BCUT2D eigenvalue weighted by molar-refractivity contribution is 0.199. The molecular weight excluding hydrogens is 260 g/mol. The van der Waals surface area contributed by atoms with Crippen molar-refractivity contribution < 1.29 is 9.47 Å². The first-order valence-electron chi connectivity index (χ1n) is 6.18. The molecular formula is C14H18N2O2S. The summed E-state index contributed by atoms with van der Waals surface area (Å²) in [5.41, 5.74) is 1.000. The van der Waals surface area contributed by atoms with Crippen LogP contribution >= 0.6 is 11.3 Å². The molecule has 0 fully saturated rings. The molecule has 0 aliphatic heterocycles. The van der Waals surface area contributed by atoms with E-state index in [-0.39, 0.29) is 0 Å². The van der Waals surface area contributed by atoms with Crippen LogP contribution in [0.25, 0.3) is 0 Å². The largest absolute Gasteiger partial charge is 0.486 e. The van der Waals surface area contributed by atoms with Crippen LogP contribution in [0.15, 0.2) is 35.8 Å². The topological polar surface area (TPSA) is 43.4 Å². The van der Waals surface area contributed by atoms with Crippen LogP contribution in [0.5, 0.6) is 5.75 Å². The molecule has 1 N–H and O–H groups in total. The third kappa shape index (κ3) is 4.98. The Hall–Kier alpha value is -1.43. The lowest BCUT2D eigenvalue weighted by Crippen LogP contribution is -2.19. The molecule has 0 unspecified atom stereocenters. The summed E-state index contributed by atoms with van der Waals surface area (Å²) in [5.74, 6) is 0.800. The van der Waals surface area contributed by atoms with Gasteiger partial charge in [-0.05, 0) is 23.6 Å². The van der Waals surface area contributed by atoms with Crippen molar-refractivity contribution in [3.8, 4) is 5.75 Å². The fourth-order valence-corrected chi connectivity index (χ4v) is 2.16. The van der Waals surface area contributed by atoms with Crippen molar-refractivity contribution >= 4 is 11.3 Å². The van der Waals surface area contributed by atoms with Gasteiger partial charge in [-0.25, -0.2) is 0 Å². The molecule has 0 radical (unpaired) electrons. The lowest BCUT2D eigenvalue weighted by Gasteiger charge is -2.06. The van der Waals surface area contributed by atoms with Gasteiger partial charge in [0.15, 0.2) is 0 Å². The van der Waals surface area contributed by atoms with Gasteiger partial charge in [0, 0.05) is 25.1 Å². The molecule has 5 heteroatoms. The van der Waals surface area contributed by atoms with Crippen molar-refractivity contribution in [2.75, 3.05) is 20.3 Å². The molecule has 19 heavy (non-hydrogen) atoms. The van der Waals surface area contributed by atoms with Gasteiger partial charge in [-0.3, -0.25) is 4.98 Å². The van der Waals surface area contributed by atoms with Crippen molar-refractivity contribution in [1.29, 1.82) is 0 Å². The number of hydrogen-bond donors (Lipinski definition) is 1. The van der Waals surface area contributed by atoms with E-state index < -0.39 is 0 Å². The second-order valence-corrected chi connectivity index (χ2v) is 5.06. The molecule has 0 saturated carbocycles. The molecule has 0 bridgehead atoms. The van der Waals surface area contributed by atoms with E-state index in [1.807, 2.05) is 23.6 Å².